The lowest BCUT2D eigenvalue weighted by Gasteiger charge is -2.07. The lowest BCUT2D eigenvalue weighted by atomic mass is 9.97. The Morgan fingerprint density at radius 3 is 2.44 bits per heavy atom. The molecule has 0 aliphatic carbocycles. The second-order valence-electron chi connectivity index (χ2n) is 4.42. The first-order valence-corrected chi connectivity index (χ1v) is 5.65. The summed E-state index contributed by atoms with van der Waals surface area (Å²) < 4.78 is 13.2. The van der Waals surface area contributed by atoms with Gasteiger partial charge in [0.2, 0.25) is 0 Å². The van der Waals surface area contributed by atoms with Crippen molar-refractivity contribution in [1.82, 2.24) is 0 Å². The van der Waals surface area contributed by atoms with Crippen molar-refractivity contribution in [2.75, 3.05) is 5.73 Å². The van der Waals surface area contributed by atoms with Crippen LogP contribution in [0.15, 0.2) is 36.4 Å². The number of rotatable bonds is 2. The van der Waals surface area contributed by atoms with Crippen molar-refractivity contribution in [1.29, 1.82) is 0 Å². The van der Waals surface area contributed by atoms with Crippen molar-refractivity contribution >= 4 is 11.5 Å². The van der Waals surface area contributed by atoms with Gasteiger partial charge in [-0.25, -0.2) is 4.39 Å². The van der Waals surface area contributed by atoms with E-state index in [1.807, 2.05) is 26.0 Å². The number of hydrogen-bond acceptors (Lipinski definition) is 2. The van der Waals surface area contributed by atoms with Crippen LogP contribution < -0.4 is 5.73 Å². The number of halogens is 1. The number of anilines is 1. The van der Waals surface area contributed by atoms with Crippen molar-refractivity contribution in [3.63, 3.8) is 0 Å². The number of nitrogens with two attached hydrogens (primary N) is 1. The summed E-state index contributed by atoms with van der Waals surface area (Å²) in [6, 6.07) is 9.44. The van der Waals surface area contributed by atoms with Gasteiger partial charge in [0.15, 0.2) is 5.78 Å². The molecule has 2 rings (SSSR count). The third kappa shape index (κ3) is 2.40. The molecular weight excluding hydrogens is 229 g/mol. The number of nitrogen functional groups attached to an aromatic ring is 1. The highest BCUT2D eigenvalue weighted by molar-refractivity contribution is 6.10. The van der Waals surface area contributed by atoms with Gasteiger partial charge in [-0.1, -0.05) is 23.8 Å². The molecule has 0 aliphatic heterocycles. The Morgan fingerprint density at radius 1 is 1.11 bits per heavy atom. The van der Waals surface area contributed by atoms with Gasteiger partial charge >= 0.3 is 0 Å². The Morgan fingerprint density at radius 2 is 1.83 bits per heavy atom. The van der Waals surface area contributed by atoms with E-state index < -0.39 is 5.82 Å². The topological polar surface area (TPSA) is 43.1 Å². The normalized spacial score (nSPS) is 10.4. The Kier molecular flexibility index (Phi) is 3.15. The molecule has 92 valence electrons. The largest absolute Gasteiger partial charge is 0.399 e. The van der Waals surface area contributed by atoms with Gasteiger partial charge in [-0.05, 0) is 37.6 Å². The van der Waals surface area contributed by atoms with Crippen molar-refractivity contribution in [2.24, 2.45) is 0 Å². The number of ketones is 1. The molecule has 0 saturated heterocycles. The van der Waals surface area contributed by atoms with E-state index in [1.54, 1.807) is 6.07 Å². The second-order valence-corrected chi connectivity index (χ2v) is 4.42. The fraction of sp³-hybridized carbons (Fsp3) is 0.133. The Hall–Kier alpha value is -2.16. The van der Waals surface area contributed by atoms with Crippen LogP contribution in [-0.4, -0.2) is 5.78 Å². The number of hydrogen-bond donors (Lipinski definition) is 1. The molecule has 0 aromatic heterocycles. The first-order valence-electron chi connectivity index (χ1n) is 5.65. The van der Waals surface area contributed by atoms with Crippen LogP contribution in [0, 0.1) is 19.7 Å². The highest BCUT2D eigenvalue weighted by Gasteiger charge is 2.13. The molecule has 0 fully saturated rings. The van der Waals surface area contributed by atoms with Crippen LogP contribution in [0.5, 0.6) is 0 Å². The van der Waals surface area contributed by atoms with Gasteiger partial charge in [-0.15, -0.1) is 0 Å². The average molecular weight is 243 g/mol. The van der Waals surface area contributed by atoms with Crippen LogP contribution in [0.1, 0.15) is 27.0 Å². The maximum absolute atomic E-state index is 13.2. The zero-order valence-electron chi connectivity index (χ0n) is 10.3. The standard InChI is InChI=1S/C15H14FNO/c1-9-3-4-14(10(2)5-9)15(18)11-6-12(16)8-13(17)7-11/h3-8H,17H2,1-2H3. The molecule has 2 aromatic rings. The van der Waals surface area contributed by atoms with Crippen LogP contribution in [0.4, 0.5) is 10.1 Å². The molecule has 2 nitrogen and oxygen atoms in total. The van der Waals surface area contributed by atoms with E-state index in [2.05, 4.69) is 0 Å². The molecule has 2 aromatic carbocycles. The van der Waals surface area contributed by atoms with Crippen LogP contribution in [-0.2, 0) is 0 Å². The van der Waals surface area contributed by atoms with Gasteiger partial charge < -0.3 is 5.73 Å². The van der Waals surface area contributed by atoms with E-state index in [9.17, 15) is 9.18 Å². The monoisotopic (exact) mass is 243 g/mol. The first kappa shape index (κ1) is 12.3. The summed E-state index contributed by atoms with van der Waals surface area (Å²) >= 11 is 0. The van der Waals surface area contributed by atoms with Gasteiger partial charge in [0.05, 0.1) is 0 Å². The minimum absolute atomic E-state index is 0.210. The molecule has 18 heavy (non-hydrogen) atoms. The SMILES string of the molecule is Cc1ccc(C(=O)c2cc(N)cc(F)c2)c(C)c1. The predicted octanol–water partition coefficient (Wildman–Crippen LogP) is 3.26. The Bertz CT molecular complexity index is 600. The number of carbonyl (C=O) groups is 1. The van der Waals surface area contributed by atoms with E-state index in [1.165, 1.54) is 18.2 Å². The summed E-state index contributed by atoms with van der Waals surface area (Å²) in [7, 11) is 0. The van der Waals surface area contributed by atoms with E-state index in [-0.39, 0.29) is 17.0 Å². The van der Waals surface area contributed by atoms with E-state index in [0.29, 0.717) is 5.56 Å². The molecule has 3 heteroatoms. The highest BCUT2D eigenvalue weighted by Crippen LogP contribution is 2.18. The van der Waals surface area contributed by atoms with Gasteiger partial charge in [-0.2, -0.15) is 0 Å². The highest BCUT2D eigenvalue weighted by atomic mass is 19.1. The molecule has 0 bridgehead atoms. The summed E-state index contributed by atoms with van der Waals surface area (Å²) in [4.78, 5) is 12.3. The fourth-order valence-electron chi connectivity index (χ4n) is 1.97. The molecule has 0 heterocycles. The zero-order valence-corrected chi connectivity index (χ0v) is 10.3. The molecule has 0 atom stereocenters. The summed E-state index contributed by atoms with van der Waals surface area (Å²) in [6.45, 7) is 3.82. The maximum atomic E-state index is 13.2. The zero-order chi connectivity index (χ0) is 13.3. The molecule has 2 N–H and O–H groups in total. The van der Waals surface area contributed by atoms with Crippen molar-refractivity contribution in [2.45, 2.75) is 13.8 Å². The fourth-order valence-corrected chi connectivity index (χ4v) is 1.97. The quantitative estimate of drug-likeness (QED) is 0.650. The van der Waals surface area contributed by atoms with Crippen molar-refractivity contribution in [3.05, 3.63) is 64.5 Å². The van der Waals surface area contributed by atoms with Crippen LogP contribution in [0.25, 0.3) is 0 Å². The van der Waals surface area contributed by atoms with Gasteiger partial charge in [0.25, 0.3) is 0 Å². The smallest absolute Gasteiger partial charge is 0.193 e. The lowest BCUT2D eigenvalue weighted by Crippen LogP contribution is -2.05. The minimum Gasteiger partial charge on any atom is -0.399 e. The molecule has 0 radical (unpaired) electrons. The number of benzene rings is 2. The van der Waals surface area contributed by atoms with E-state index in [4.69, 9.17) is 5.73 Å². The summed E-state index contributed by atoms with van der Waals surface area (Å²) in [5.41, 5.74) is 8.61. The van der Waals surface area contributed by atoms with Gasteiger partial charge in [-0.3, -0.25) is 4.79 Å². The van der Waals surface area contributed by atoms with Crippen LogP contribution in [0.2, 0.25) is 0 Å². The molecule has 0 unspecified atom stereocenters. The molecule has 0 spiro atoms. The maximum Gasteiger partial charge on any atom is 0.193 e. The van der Waals surface area contributed by atoms with Crippen LogP contribution in [0.3, 0.4) is 0 Å². The van der Waals surface area contributed by atoms with Crippen LogP contribution >= 0.6 is 0 Å². The summed E-state index contributed by atoms with van der Waals surface area (Å²) in [5, 5.41) is 0. The Labute approximate surface area is 105 Å². The van der Waals surface area contributed by atoms with E-state index in [0.717, 1.165) is 11.1 Å². The van der Waals surface area contributed by atoms with Crippen molar-refractivity contribution < 1.29 is 9.18 Å². The van der Waals surface area contributed by atoms with Gasteiger partial charge in [0.1, 0.15) is 5.82 Å². The second kappa shape index (κ2) is 4.61. The third-order valence-electron chi connectivity index (χ3n) is 2.81. The number of aryl methyl sites for hydroxylation is 2. The molecular formula is C15H14FNO. The van der Waals surface area contributed by atoms with E-state index >= 15 is 0 Å². The molecule has 0 amide bonds. The minimum atomic E-state index is -0.497. The average Bonchev–Trinajstić information content (AvgIpc) is 2.26. The molecule has 0 aliphatic rings. The van der Waals surface area contributed by atoms with Gasteiger partial charge in [0, 0.05) is 16.8 Å². The number of carbonyl (C=O) groups excluding carboxylic acids is 1. The summed E-state index contributed by atoms with van der Waals surface area (Å²) in [5.74, 6) is -0.707. The lowest BCUT2D eigenvalue weighted by molar-refractivity contribution is 0.103. The third-order valence-corrected chi connectivity index (χ3v) is 2.81. The van der Waals surface area contributed by atoms with Crippen molar-refractivity contribution in [3.8, 4) is 0 Å². The first-order chi connectivity index (χ1) is 8.47. The molecule has 0 saturated carbocycles. The Balaban J connectivity index is 2.47. The predicted molar refractivity (Wildman–Crippen MR) is 70.2 cm³/mol. The summed E-state index contributed by atoms with van der Waals surface area (Å²) in [6.07, 6.45) is 0.